The van der Waals surface area contributed by atoms with Crippen molar-refractivity contribution in [2.24, 2.45) is 0 Å². The number of benzene rings is 2. The number of carbonyl (C=O) groups excluding carboxylic acids is 1. The highest BCUT2D eigenvalue weighted by molar-refractivity contribution is 5.96. The molecule has 0 N–H and O–H groups in total. The van der Waals surface area contributed by atoms with Crippen LogP contribution in [0.3, 0.4) is 0 Å². The Morgan fingerprint density at radius 3 is 2.38 bits per heavy atom. The van der Waals surface area contributed by atoms with Crippen LogP contribution in [-0.2, 0) is 6.61 Å². The van der Waals surface area contributed by atoms with Gasteiger partial charge in [-0.3, -0.25) is 19.3 Å². The summed E-state index contributed by atoms with van der Waals surface area (Å²) in [5.74, 6) is 0.126. The second kappa shape index (κ2) is 12.2. The van der Waals surface area contributed by atoms with Crippen LogP contribution in [0, 0.1) is 0 Å². The van der Waals surface area contributed by atoms with Crippen molar-refractivity contribution in [1.82, 2.24) is 14.6 Å². The van der Waals surface area contributed by atoms with E-state index in [4.69, 9.17) is 9.47 Å². The zero-order valence-electron chi connectivity index (χ0n) is 22.1. The molecule has 40 heavy (non-hydrogen) atoms. The fourth-order valence-corrected chi connectivity index (χ4v) is 4.76. The molecule has 1 amide bonds. The lowest BCUT2D eigenvalue weighted by Crippen LogP contribution is -2.55. The smallest absolute Gasteiger partial charge is 0.278 e. The molecule has 0 saturated heterocycles. The van der Waals surface area contributed by atoms with E-state index in [1.807, 2.05) is 77.8 Å². The molecule has 0 radical (unpaired) electrons. The van der Waals surface area contributed by atoms with Crippen molar-refractivity contribution >= 4 is 5.91 Å². The van der Waals surface area contributed by atoms with Crippen molar-refractivity contribution in [3.63, 3.8) is 0 Å². The average Bonchev–Trinajstić information content (AvgIpc) is 2.99. The third-order valence-corrected chi connectivity index (χ3v) is 6.54. The largest absolute Gasteiger partial charge is 0.482 e. The summed E-state index contributed by atoms with van der Waals surface area (Å²) in [4.78, 5) is 33.1. The SMILES string of the molecule is C=CCOc1ncccc1C(c1ccccc1)N1CN(CC=C)C(=O)c2c(OCc3ccccc3)c(=O)ccn21. The molecule has 0 bridgehead atoms. The molecular formula is C32H30N4O4. The minimum absolute atomic E-state index is 0.00348. The standard InChI is InChI=1S/C32H30N4O4/c1-3-19-34-23-36(28(25-14-9-6-10-15-25)26-16-11-18-33-31(26)39-21-4-2)35-20-17-27(37)30(29(35)32(34)38)40-22-24-12-7-5-8-13-24/h3-18,20,28H,1-2,19,21-23H2. The highest BCUT2D eigenvalue weighted by Gasteiger charge is 2.37. The van der Waals surface area contributed by atoms with E-state index in [1.54, 1.807) is 34.1 Å². The highest BCUT2D eigenvalue weighted by Crippen LogP contribution is 2.35. The number of ether oxygens (including phenoxy) is 2. The quantitative estimate of drug-likeness (QED) is 0.259. The van der Waals surface area contributed by atoms with Gasteiger partial charge in [-0.2, -0.15) is 0 Å². The van der Waals surface area contributed by atoms with Gasteiger partial charge in [-0.1, -0.05) is 79.4 Å². The van der Waals surface area contributed by atoms with Crippen LogP contribution >= 0.6 is 0 Å². The maximum Gasteiger partial charge on any atom is 0.278 e. The molecule has 1 unspecified atom stereocenters. The maximum atomic E-state index is 13.8. The predicted octanol–water partition coefficient (Wildman–Crippen LogP) is 4.71. The maximum absolute atomic E-state index is 13.8. The lowest BCUT2D eigenvalue weighted by atomic mass is 9.98. The minimum Gasteiger partial charge on any atom is -0.482 e. The molecule has 3 heterocycles. The Hall–Kier alpha value is -5.11. The molecule has 2 aromatic carbocycles. The summed E-state index contributed by atoms with van der Waals surface area (Å²) >= 11 is 0. The van der Waals surface area contributed by atoms with Gasteiger partial charge in [0.05, 0.1) is 0 Å². The summed E-state index contributed by atoms with van der Waals surface area (Å²) < 4.78 is 13.7. The molecule has 1 aliphatic heterocycles. The van der Waals surface area contributed by atoms with E-state index in [-0.39, 0.29) is 49.2 Å². The first-order valence-corrected chi connectivity index (χ1v) is 13.0. The molecule has 1 aliphatic rings. The van der Waals surface area contributed by atoms with Crippen molar-refractivity contribution < 1.29 is 14.3 Å². The number of pyridine rings is 2. The van der Waals surface area contributed by atoms with E-state index in [0.717, 1.165) is 16.7 Å². The summed E-state index contributed by atoms with van der Waals surface area (Å²) in [5, 5.41) is 2.00. The van der Waals surface area contributed by atoms with Crippen molar-refractivity contribution in [3.8, 4) is 11.6 Å². The second-order valence-corrected chi connectivity index (χ2v) is 9.18. The number of hydrogen-bond acceptors (Lipinski definition) is 6. The number of aromatic nitrogens is 2. The first kappa shape index (κ1) is 26.5. The molecule has 0 aliphatic carbocycles. The molecular weight excluding hydrogens is 504 g/mol. The molecule has 1 atom stereocenters. The molecule has 5 rings (SSSR count). The van der Waals surface area contributed by atoms with Gasteiger partial charge in [0, 0.05) is 30.6 Å². The third-order valence-electron chi connectivity index (χ3n) is 6.54. The van der Waals surface area contributed by atoms with Crippen LogP contribution in [-0.4, -0.2) is 40.3 Å². The second-order valence-electron chi connectivity index (χ2n) is 9.18. The topological polar surface area (TPSA) is 76.9 Å². The Morgan fingerprint density at radius 1 is 0.900 bits per heavy atom. The number of nitrogens with zero attached hydrogens (tertiary/aromatic N) is 4. The van der Waals surface area contributed by atoms with Crippen LogP contribution in [0.2, 0.25) is 0 Å². The summed E-state index contributed by atoms with van der Waals surface area (Å²) in [6, 6.07) is 24.2. The number of carbonyl (C=O) groups is 1. The van der Waals surface area contributed by atoms with Crippen LogP contribution in [0.1, 0.15) is 33.2 Å². The number of rotatable bonds is 11. The van der Waals surface area contributed by atoms with Crippen LogP contribution in [0.15, 0.2) is 121 Å². The fourth-order valence-electron chi connectivity index (χ4n) is 4.76. The minimum atomic E-state index is -0.432. The monoisotopic (exact) mass is 534 g/mol. The van der Waals surface area contributed by atoms with Crippen LogP contribution < -0.4 is 19.9 Å². The number of fused-ring (bicyclic) bond motifs is 1. The fraction of sp³-hybridized carbons (Fsp3) is 0.156. The van der Waals surface area contributed by atoms with Crippen molar-refractivity contribution in [2.45, 2.75) is 12.6 Å². The Kier molecular flexibility index (Phi) is 8.06. The molecule has 8 heteroatoms. The van der Waals surface area contributed by atoms with E-state index < -0.39 is 6.04 Å². The first-order chi connectivity index (χ1) is 19.6. The van der Waals surface area contributed by atoms with Crippen LogP contribution in [0.5, 0.6) is 11.6 Å². The summed E-state index contributed by atoms with van der Waals surface area (Å²) in [6.45, 7) is 8.53. The highest BCUT2D eigenvalue weighted by atomic mass is 16.5. The van der Waals surface area contributed by atoms with E-state index in [1.165, 1.54) is 6.07 Å². The lowest BCUT2D eigenvalue weighted by molar-refractivity contribution is 0.0698. The lowest BCUT2D eigenvalue weighted by Gasteiger charge is -2.44. The van der Waals surface area contributed by atoms with E-state index >= 15 is 0 Å². The van der Waals surface area contributed by atoms with Gasteiger partial charge in [-0.15, -0.1) is 6.58 Å². The van der Waals surface area contributed by atoms with Gasteiger partial charge in [-0.25, -0.2) is 4.98 Å². The Bertz CT molecular complexity index is 1550. The molecule has 2 aromatic heterocycles. The van der Waals surface area contributed by atoms with Crippen LogP contribution in [0.4, 0.5) is 0 Å². The Balaban J connectivity index is 1.68. The molecule has 0 fully saturated rings. The van der Waals surface area contributed by atoms with E-state index in [9.17, 15) is 9.59 Å². The van der Waals surface area contributed by atoms with Gasteiger partial charge in [0.15, 0.2) is 11.4 Å². The van der Waals surface area contributed by atoms with Gasteiger partial charge >= 0.3 is 0 Å². The van der Waals surface area contributed by atoms with E-state index in [2.05, 4.69) is 18.1 Å². The molecule has 0 saturated carbocycles. The molecule has 202 valence electrons. The first-order valence-electron chi connectivity index (χ1n) is 13.0. The van der Waals surface area contributed by atoms with Crippen molar-refractivity contribution in [1.29, 1.82) is 0 Å². The predicted molar refractivity (Wildman–Crippen MR) is 154 cm³/mol. The van der Waals surface area contributed by atoms with E-state index in [0.29, 0.717) is 5.88 Å². The van der Waals surface area contributed by atoms with Crippen molar-refractivity contribution in [3.05, 3.63) is 149 Å². The normalized spacial score (nSPS) is 13.3. The van der Waals surface area contributed by atoms with Crippen molar-refractivity contribution in [2.75, 3.05) is 24.8 Å². The summed E-state index contributed by atoms with van der Waals surface area (Å²) in [6.07, 6.45) is 6.62. The molecule has 8 nitrogen and oxygen atoms in total. The third kappa shape index (κ3) is 5.37. The Morgan fingerprint density at radius 2 is 1.65 bits per heavy atom. The van der Waals surface area contributed by atoms with Gasteiger partial charge in [0.2, 0.25) is 11.3 Å². The zero-order chi connectivity index (χ0) is 27.9. The molecule has 4 aromatic rings. The van der Waals surface area contributed by atoms with Crippen LogP contribution in [0.25, 0.3) is 0 Å². The van der Waals surface area contributed by atoms with Gasteiger partial charge in [-0.05, 0) is 23.3 Å². The van der Waals surface area contributed by atoms with Gasteiger partial charge in [0.25, 0.3) is 5.91 Å². The van der Waals surface area contributed by atoms with Gasteiger partial charge in [0.1, 0.15) is 25.9 Å². The summed E-state index contributed by atoms with van der Waals surface area (Å²) in [5.41, 5.74) is 2.40. The number of hydrogen-bond donors (Lipinski definition) is 0. The summed E-state index contributed by atoms with van der Waals surface area (Å²) in [7, 11) is 0. The average molecular weight is 535 g/mol. The Labute approximate surface area is 233 Å². The zero-order valence-corrected chi connectivity index (χ0v) is 22.1. The number of amides is 1. The molecule has 0 spiro atoms. The van der Waals surface area contributed by atoms with Gasteiger partial charge < -0.3 is 14.4 Å².